The molecule has 2 aliphatic carbocycles. The minimum absolute atomic E-state index is 0.313. The van der Waals surface area contributed by atoms with Crippen molar-refractivity contribution in [2.75, 3.05) is 0 Å². The van der Waals surface area contributed by atoms with Gasteiger partial charge < -0.3 is 4.74 Å². The number of nitrogens with zero attached hydrogens (tertiary/aromatic N) is 3. The number of fused-ring (bicyclic) bond motifs is 6. The summed E-state index contributed by atoms with van der Waals surface area (Å²) in [7, 11) is 0. The minimum atomic E-state index is -0.313. The quantitative estimate of drug-likeness (QED) is 0.160. The molecule has 0 amide bonds. The van der Waals surface area contributed by atoms with Crippen molar-refractivity contribution in [3.05, 3.63) is 223 Å². The molecule has 4 heteroatoms. The number of para-hydroxylation sites is 1. The Morgan fingerprint density at radius 1 is 0.554 bits per heavy atom. The van der Waals surface area contributed by atoms with Crippen LogP contribution < -0.4 is 4.74 Å². The van der Waals surface area contributed by atoms with Gasteiger partial charge in [0.15, 0.2) is 11.6 Å². The first-order valence-electron chi connectivity index (χ1n) is 22.6. The topological polar surface area (TPSA) is 47.9 Å². The Morgan fingerprint density at radius 3 is 1.89 bits per heavy atom. The highest BCUT2D eigenvalue weighted by atomic mass is 16.5. The maximum Gasteiger partial charge on any atom is 0.160 e. The van der Waals surface area contributed by atoms with Crippen LogP contribution in [0.2, 0.25) is 0 Å². The number of hydrogen-bond donors (Lipinski definition) is 0. The fourth-order valence-corrected chi connectivity index (χ4v) is 10.1. The van der Waals surface area contributed by atoms with E-state index in [1.54, 1.807) is 0 Å². The first-order valence-corrected chi connectivity index (χ1v) is 22.6. The zero-order chi connectivity index (χ0) is 43.5. The summed E-state index contributed by atoms with van der Waals surface area (Å²) in [6.07, 6.45) is 13.0. The van der Waals surface area contributed by atoms with Gasteiger partial charge in [0.25, 0.3) is 0 Å². The van der Waals surface area contributed by atoms with Crippen molar-refractivity contribution in [1.82, 2.24) is 15.0 Å². The molecule has 310 valence electrons. The van der Waals surface area contributed by atoms with Gasteiger partial charge in [0, 0.05) is 38.8 Å². The zero-order valence-corrected chi connectivity index (χ0v) is 36.4. The van der Waals surface area contributed by atoms with Crippen molar-refractivity contribution in [2.45, 2.75) is 32.1 Å². The third kappa shape index (κ3) is 6.81. The SMILES string of the molecule is CC1C=Cc2c(cccc2-c2nc3c(-c4cccc(-c5cc(-c6ccc(-c7ccccc7)cc6)nc(-c6ccc(-c7ccccc7)cc6)n5)c4)cccc3c3c2OC2=CC=CCC23C)C1. The second-order valence-electron chi connectivity index (χ2n) is 17.8. The molecule has 2 unspecified atom stereocenters. The summed E-state index contributed by atoms with van der Waals surface area (Å²) in [6, 6.07) is 62.3. The molecule has 3 aliphatic rings. The van der Waals surface area contributed by atoms with E-state index in [4.69, 9.17) is 19.7 Å². The summed E-state index contributed by atoms with van der Waals surface area (Å²) in [5.41, 5.74) is 17.9. The number of rotatable bonds is 7. The summed E-state index contributed by atoms with van der Waals surface area (Å²) in [5.74, 6) is 3.01. The summed E-state index contributed by atoms with van der Waals surface area (Å²) in [6.45, 7) is 4.60. The van der Waals surface area contributed by atoms with E-state index in [1.165, 1.54) is 27.8 Å². The van der Waals surface area contributed by atoms with Crippen LogP contribution in [-0.4, -0.2) is 15.0 Å². The monoisotopic (exact) mass is 835 g/mol. The fraction of sp³-hybridized carbons (Fsp3) is 0.0984. The molecule has 1 aliphatic heterocycles. The Labute approximate surface area is 380 Å². The number of ether oxygens (including phenoxy) is 1. The summed E-state index contributed by atoms with van der Waals surface area (Å²) < 4.78 is 6.90. The van der Waals surface area contributed by atoms with Gasteiger partial charge in [-0.2, -0.15) is 0 Å². The lowest BCUT2D eigenvalue weighted by Crippen LogP contribution is -2.22. The molecular formula is C61H45N3O. The van der Waals surface area contributed by atoms with Gasteiger partial charge in [0.2, 0.25) is 0 Å². The van der Waals surface area contributed by atoms with Crippen molar-refractivity contribution >= 4 is 17.0 Å². The van der Waals surface area contributed by atoms with E-state index < -0.39 is 0 Å². The number of pyridine rings is 1. The Bertz CT molecular complexity index is 3300. The van der Waals surface area contributed by atoms with Crippen molar-refractivity contribution in [3.8, 4) is 84.3 Å². The Hall–Kier alpha value is -7.95. The fourth-order valence-electron chi connectivity index (χ4n) is 10.1. The predicted octanol–water partition coefficient (Wildman–Crippen LogP) is 15.4. The van der Waals surface area contributed by atoms with E-state index in [-0.39, 0.29) is 5.41 Å². The lowest BCUT2D eigenvalue weighted by Gasteiger charge is -2.26. The lowest BCUT2D eigenvalue weighted by molar-refractivity contribution is 0.377. The normalized spacial score (nSPS) is 17.0. The van der Waals surface area contributed by atoms with Crippen LogP contribution in [0.15, 0.2) is 206 Å². The highest BCUT2D eigenvalue weighted by Crippen LogP contribution is 2.56. The molecule has 3 heterocycles. The summed E-state index contributed by atoms with van der Waals surface area (Å²) in [5, 5.41) is 1.12. The molecule has 2 aromatic heterocycles. The van der Waals surface area contributed by atoms with E-state index in [1.807, 2.05) is 12.1 Å². The van der Waals surface area contributed by atoms with E-state index in [0.29, 0.717) is 11.7 Å². The third-order valence-electron chi connectivity index (χ3n) is 13.5. The van der Waals surface area contributed by atoms with Crippen LogP contribution in [0.1, 0.15) is 37.0 Å². The van der Waals surface area contributed by atoms with Crippen molar-refractivity contribution < 1.29 is 4.74 Å². The van der Waals surface area contributed by atoms with Crippen LogP contribution >= 0.6 is 0 Å². The molecule has 0 saturated carbocycles. The number of allylic oxidation sites excluding steroid dienone is 5. The van der Waals surface area contributed by atoms with Gasteiger partial charge >= 0.3 is 0 Å². The van der Waals surface area contributed by atoms with Crippen molar-refractivity contribution in [3.63, 3.8) is 0 Å². The first kappa shape index (κ1) is 38.7. The molecule has 2 atom stereocenters. The number of hydrogen-bond acceptors (Lipinski definition) is 4. The maximum absolute atomic E-state index is 6.90. The Kier molecular flexibility index (Phi) is 9.34. The van der Waals surface area contributed by atoms with Gasteiger partial charge in [0.1, 0.15) is 11.5 Å². The van der Waals surface area contributed by atoms with Crippen molar-refractivity contribution in [1.29, 1.82) is 0 Å². The highest BCUT2D eigenvalue weighted by molar-refractivity contribution is 6.01. The zero-order valence-electron chi connectivity index (χ0n) is 36.4. The smallest absolute Gasteiger partial charge is 0.160 e. The molecule has 7 aromatic carbocycles. The van der Waals surface area contributed by atoms with E-state index >= 15 is 0 Å². The van der Waals surface area contributed by atoms with E-state index in [2.05, 4.69) is 208 Å². The summed E-state index contributed by atoms with van der Waals surface area (Å²) >= 11 is 0. The maximum atomic E-state index is 6.90. The van der Waals surface area contributed by atoms with Crippen LogP contribution in [0, 0.1) is 5.92 Å². The molecule has 4 nitrogen and oxygen atoms in total. The van der Waals surface area contributed by atoms with Crippen molar-refractivity contribution in [2.24, 2.45) is 5.92 Å². The molecule has 9 aromatic rings. The Balaban J connectivity index is 1.01. The molecule has 0 radical (unpaired) electrons. The van der Waals surface area contributed by atoms with Crippen LogP contribution in [0.5, 0.6) is 5.75 Å². The average Bonchev–Trinajstić information content (AvgIpc) is 3.69. The predicted molar refractivity (Wildman–Crippen MR) is 267 cm³/mol. The molecule has 0 fully saturated rings. The van der Waals surface area contributed by atoms with Gasteiger partial charge in [0.05, 0.1) is 22.3 Å². The first-order chi connectivity index (χ1) is 32.0. The van der Waals surface area contributed by atoms with E-state index in [0.717, 1.165) is 96.8 Å². The summed E-state index contributed by atoms with van der Waals surface area (Å²) in [4.78, 5) is 16.2. The van der Waals surface area contributed by atoms with E-state index in [9.17, 15) is 0 Å². The number of benzene rings is 7. The third-order valence-corrected chi connectivity index (χ3v) is 13.5. The highest BCUT2D eigenvalue weighted by Gasteiger charge is 2.45. The Morgan fingerprint density at radius 2 is 1.15 bits per heavy atom. The molecule has 0 saturated heterocycles. The minimum Gasteiger partial charge on any atom is -0.458 e. The standard InChI is InChI=1S/C61H45N3O/c1-39-25-34-49-46(36-39)19-12-22-51(49)58-59-56(61(2)35-10-9-24-55(61)65-59)52-23-13-21-50(57(52)64-58)47-18-11-20-48(37-47)54-38-53(44-30-26-42(27-31-44)40-14-5-3-6-15-40)62-60(63-54)45-32-28-43(29-33-45)41-16-7-4-8-17-41/h3-34,37-39H,35-36H2,1-2H3. The van der Waals surface area contributed by atoms with Crippen LogP contribution in [-0.2, 0) is 11.8 Å². The molecule has 0 N–H and O–H groups in total. The van der Waals surface area contributed by atoms with Gasteiger partial charge in [-0.25, -0.2) is 15.0 Å². The van der Waals surface area contributed by atoms with Gasteiger partial charge in [-0.1, -0.05) is 195 Å². The lowest BCUT2D eigenvalue weighted by atomic mass is 9.75. The van der Waals surface area contributed by atoms with Gasteiger partial charge in [-0.15, -0.1) is 0 Å². The van der Waals surface area contributed by atoms with Crippen LogP contribution in [0.25, 0.3) is 95.5 Å². The second-order valence-corrected chi connectivity index (χ2v) is 17.8. The van der Waals surface area contributed by atoms with Crippen LogP contribution in [0.4, 0.5) is 0 Å². The molecule has 12 rings (SSSR count). The van der Waals surface area contributed by atoms with Crippen LogP contribution in [0.3, 0.4) is 0 Å². The molecular weight excluding hydrogens is 791 g/mol. The molecule has 65 heavy (non-hydrogen) atoms. The molecule has 0 bridgehead atoms. The van der Waals surface area contributed by atoms with Gasteiger partial charge in [-0.05, 0) is 82.8 Å². The average molecular weight is 836 g/mol. The van der Waals surface area contributed by atoms with Gasteiger partial charge in [-0.3, -0.25) is 0 Å². The largest absolute Gasteiger partial charge is 0.458 e. The molecule has 0 spiro atoms. The second kappa shape index (κ2) is 15.7. The number of aromatic nitrogens is 3.